The average Bonchev–Trinajstić information content (AvgIpc) is 4.39. The minimum absolute atomic E-state index is 0.140. The zero-order valence-electron chi connectivity index (χ0n) is 49.2. The van der Waals surface area contributed by atoms with Gasteiger partial charge in [-0.25, -0.2) is 0 Å². The Morgan fingerprint density at radius 2 is 0.831 bits per heavy atom. The third kappa shape index (κ3) is 13.2. The number of benzene rings is 6. The molecular formula is C68H84N10O5. The van der Waals surface area contributed by atoms with E-state index in [1.165, 1.54) is 54.7 Å². The molecule has 0 saturated carbocycles. The zero-order valence-corrected chi connectivity index (χ0v) is 49.2. The summed E-state index contributed by atoms with van der Waals surface area (Å²) in [4.78, 5) is 46.3. The molecule has 5 aliphatic rings. The summed E-state index contributed by atoms with van der Waals surface area (Å²) in [5.41, 5.74) is 9.02. The molecule has 15 heteroatoms. The van der Waals surface area contributed by atoms with Gasteiger partial charge < -0.3 is 52.7 Å². The lowest BCUT2D eigenvalue weighted by molar-refractivity contribution is 0.0632. The third-order valence-corrected chi connectivity index (χ3v) is 18.3. The number of aryl methyl sites for hydroxylation is 2. The quantitative estimate of drug-likeness (QED) is 0.0878. The lowest BCUT2D eigenvalue weighted by Crippen LogP contribution is -2.49. The molecule has 2 aromatic heterocycles. The summed E-state index contributed by atoms with van der Waals surface area (Å²) >= 11 is 0. The molecule has 6 aromatic carbocycles. The van der Waals surface area contributed by atoms with Gasteiger partial charge in [-0.2, -0.15) is 0 Å². The van der Waals surface area contributed by atoms with E-state index in [2.05, 4.69) is 150 Å². The molecule has 0 spiro atoms. The van der Waals surface area contributed by atoms with E-state index in [1.54, 1.807) is 7.11 Å². The number of fused-ring (bicyclic) bond motifs is 7. The Morgan fingerprint density at radius 3 is 1.33 bits per heavy atom. The Labute approximate surface area is 490 Å². The molecule has 0 bridgehead atoms. The summed E-state index contributed by atoms with van der Waals surface area (Å²) in [6.07, 6.45) is 4.17. The number of rotatable bonds is 17. The fourth-order valence-corrected chi connectivity index (χ4v) is 13.1. The average molecular weight is 1120 g/mol. The highest BCUT2D eigenvalue weighted by Crippen LogP contribution is 2.34. The smallest absolute Gasteiger partial charge is 0.254 e. The number of ether oxygens (including phenoxy) is 3. The van der Waals surface area contributed by atoms with Crippen molar-refractivity contribution in [1.82, 2.24) is 48.3 Å². The Kier molecular flexibility index (Phi) is 17.9. The van der Waals surface area contributed by atoms with E-state index in [-0.39, 0.29) is 11.8 Å². The van der Waals surface area contributed by atoms with Crippen molar-refractivity contribution in [2.45, 2.75) is 38.8 Å². The van der Waals surface area contributed by atoms with Gasteiger partial charge >= 0.3 is 0 Å². The summed E-state index contributed by atoms with van der Waals surface area (Å²) in [5.74, 6) is 2.85. The van der Waals surface area contributed by atoms with E-state index >= 15 is 0 Å². The van der Waals surface area contributed by atoms with Crippen molar-refractivity contribution in [3.05, 3.63) is 150 Å². The SMILES string of the molecule is CN1CCN(CCCn2c3ccccc3c3ccc(C(=O)N4CCN(CCc5ccc6c(c5)OCO6)CC4)cc32)CC1.COc1ccc(CCN2CCN(C(=O)c3ccc4c5ccccc5n(CCCN5CCN(C)CC5)c4c3)CC2)cc1. The van der Waals surface area contributed by atoms with Gasteiger partial charge in [0, 0.05) is 186 Å². The number of carbonyl (C=O) groups is 2. The standard InChI is InChI=1S/C34H41N5O3.C34H43N5O2/c1-35-15-17-36(18-16-35)12-4-13-39-30-6-3-2-5-28(30)29-9-8-27(24-31(29)39)34(40)38-21-19-37(20-22-38)14-11-26-7-10-32-33(23-26)42-25-41-32;1-35-18-20-36(21-19-35)15-5-16-39-32-7-4-3-6-30(32)31-13-10-28(26-33(31)39)34(40)38-24-22-37(23-25-38)17-14-27-8-11-29(41-2)12-9-27/h2-3,5-10,23-24H,4,11-22,25H2,1H3;3-4,6-13,26H,5,14-25H2,1-2H3. The van der Waals surface area contributed by atoms with E-state index in [1.807, 2.05) is 40.1 Å². The lowest BCUT2D eigenvalue weighted by Gasteiger charge is -2.34. The van der Waals surface area contributed by atoms with Crippen LogP contribution in [0.3, 0.4) is 0 Å². The molecule has 15 nitrogen and oxygen atoms in total. The first-order valence-corrected chi connectivity index (χ1v) is 30.6. The summed E-state index contributed by atoms with van der Waals surface area (Å²) in [6.45, 7) is 22.3. The molecule has 0 N–H and O–H groups in total. The zero-order chi connectivity index (χ0) is 56.7. The van der Waals surface area contributed by atoms with Crippen LogP contribution in [-0.2, 0) is 25.9 Å². The molecule has 0 radical (unpaired) electrons. The van der Waals surface area contributed by atoms with Gasteiger partial charge in [0.2, 0.25) is 6.79 Å². The fourth-order valence-electron chi connectivity index (χ4n) is 13.1. The van der Waals surface area contributed by atoms with Crippen LogP contribution in [-0.4, -0.2) is 219 Å². The van der Waals surface area contributed by atoms with E-state index in [9.17, 15) is 9.59 Å². The molecule has 0 unspecified atom stereocenters. The van der Waals surface area contributed by atoms with Crippen molar-refractivity contribution >= 4 is 55.4 Å². The number of para-hydroxylation sites is 2. The van der Waals surface area contributed by atoms with Gasteiger partial charge in [0.05, 0.1) is 7.11 Å². The molecule has 0 atom stereocenters. The van der Waals surface area contributed by atoms with E-state index < -0.39 is 0 Å². The summed E-state index contributed by atoms with van der Waals surface area (Å²) in [7, 11) is 6.11. The van der Waals surface area contributed by atoms with Gasteiger partial charge in [0.25, 0.3) is 11.8 Å². The lowest BCUT2D eigenvalue weighted by atomic mass is 10.1. The molecule has 2 amide bonds. The molecule has 436 valence electrons. The van der Waals surface area contributed by atoms with Crippen molar-refractivity contribution < 1.29 is 23.8 Å². The van der Waals surface area contributed by atoms with Gasteiger partial charge in [-0.1, -0.05) is 66.7 Å². The van der Waals surface area contributed by atoms with Crippen molar-refractivity contribution in [2.75, 3.05) is 159 Å². The number of hydrogen-bond donors (Lipinski definition) is 0. The first-order chi connectivity index (χ1) is 40.7. The van der Waals surface area contributed by atoms with Crippen LogP contribution in [0.15, 0.2) is 127 Å². The van der Waals surface area contributed by atoms with E-state index in [0.29, 0.717) is 6.79 Å². The van der Waals surface area contributed by atoms with Crippen molar-refractivity contribution in [3.8, 4) is 17.2 Å². The number of aromatic nitrogens is 2. The number of likely N-dealkylation sites (N-methyl/N-ethyl adjacent to an activating group) is 2. The van der Waals surface area contributed by atoms with Crippen LogP contribution in [0.5, 0.6) is 17.2 Å². The number of amides is 2. The molecule has 5 aliphatic heterocycles. The van der Waals surface area contributed by atoms with Crippen LogP contribution in [0.4, 0.5) is 0 Å². The number of carbonyl (C=O) groups excluding carboxylic acids is 2. The molecule has 4 fully saturated rings. The fraction of sp³-hybridized carbons (Fsp3) is 0.441. The first-order valence-electron chi connectivity index (χ1n) is 30.6. The molecule has 13 rings (SSSR count). The maximum absolute atomic E-state index is 13.7. The number of piperazine rings is 4. The normalized spacial score (nSPS) is 17.9. The second-order valence-corrected chi connectivity index (χ2v) is 23.6. The molecule has 7 heterocycles. The monoisotopic (exact) mass is 1120 g/mol. The topological polar surface area (TPSA) is 97.6 Å². The van der Waals surface area contributed by atoms with Gasteiger partial charge in [0.1, 0.15) is 5.75 Å². The van der Waals surface area contributed by atoms with Crippen molar-refractivity contribution in [3.63, 3.8) is 0 Å². The second-order valence-electron chi connectivity index (χ2n) is 23.6. The second kappa shape index (κ2) is 26.3. The maximum atomic E-state index is 13.7. The highest BCUT2D eigenvalue weighted by Gasteiger charge is 2.26. The molecule has 83 heavy (non-hydrogen) atoms. The Bertz CT molecular complexity index is 3490. The van der Waals surface area contributed by atoms with Gasteiger partial charge in [0.15, 0.2) is 11.5 Å². The predicted molar refractivity (Wildman–Crippen MR) is 334 cm³/mol. The molecule has 8 aromatic rings. The maximum Gasteiger partial charge on any atom is 0.254 e. The van der Waals surface area contributed by atoms with Crippen LogP contribution in [0.1, 0.15) is 44.7 Å². The van der Waals surface area contributed by atoms with Crippen molar-refractivity contribution in [2.24, 2.45) is 0 Å². The molecular weight excluding hydrogens is 1040 g/mol. The first kappa shape index (κ1) is 56.5. The Morgan fingerprint density at radius 1 is 0.410 bits per heavy atom. The van der Waals surface area contributed by atoms with Gasteiger partial charge in [-0.05, 0) is 125 Å². The molecule has 4 saturated heterocycles. The van der Waals surface area contributed by atoms with Crippen LogP contribution < -0.4 is 14.2 Å². The third-order valence-electron chi connectivity index (χ3n) is 18.3. The minimum Gasteiger partial charge on any atom is -0.497 e. The number of hydrogen-bond acceptors (Lipinski definition) is 11. The minimum atomic E-state index is 0.140. The van der Waals surface area contributed by atoms with Crippen LogP contribution in [0, 0.1) is 0 Å². The highest BCUT2D eigenvalue weighted by atomic mass is 16.7. The largest absolute Gasteiger partial charge is 0.497 e. The van der Waals surface area contributed by atoms with Crippen molar-refractivity contribution in [1.29, 1.82) is 0 Å². The van der Waals surface area contributed by atoms with Gasteiger partial charge in [-0.15, -0.1) is 0 Å². The molecule has 0 aliphatic carbocycles. The van der Waals surface area contributed by atoms with Crippen LogP contribution >= 0.6 is 0 Å². The number of methoxy groups -OCH3 is 1. The van der Waals surface area contributed by atoms with Crippen LogP contribution in [0.2, 0.25) is 0 Å². The van der Waals surface area contributed by atoms with Crippen LogP contribution in [0.25, 0.3) is 43.6 Å². The highest BCUT2D eigenvalue weighted by molar-refractivity contribution is 6.11. The van der Waals surface area contributed by atoms with E-state index in [4.69, 9.17) is 14.2 Å². The van der Waals surface area contributed by atoms with Gasteiger partial charge in [-0.3, -0.25) is 19.4 Å². The summed E-state index contributed by atoms with van der Waals surface area (Å²) < 4.78 is 21.1. The van der Waals surface area contributed by atoms with E-state index in [0.717, 1.165) is 198 Å². The Balaban J connectivity index is 0.000000164. The summed E-state index contributed by atoms with van der Waals surface area (Å²) in [5, 5.41) is 5.00. The summed E-state index contributed by atoms with van der Waals surface area (Å²) in [6, 6.07) is 44.5. The Hall–Kier alpha value is -6.98. The predicted octanol–water partition coefficient (Wildman–Crippen LogP) is 8.60. The number of nitrogens with zero attached hydrogens (tertiary/aromatic N) is 10.